The molecule has 3 rings (SSSR count). The molecule has 1 saturated carbocycles. The van der Waals surface area contributed by atoms with Crippen LogP contribution in [0.4, 0.5) is 23.7 Å². The number of halogens is 4. The number of alkyl carbamates (subject to hydrolysis) is 1. The minimum absolute atomic E-state index is 0.000109. The maximum absolute atomic E-state index is 13.9. The number of sulfone groups is 1. The third kappa shape index (κ3) is 7.90. The fraction of sp³-hybridized carbons (Fsp3) is 0.500. The molecule has 45 heavy (non-hydrogen) atoms. The summed E-state index contributed by atoms with van der Waals surface area (Å²) in [6, 6.07) is 3.72. The Morgan fingerprint density at radius 2 is 1.73 bits per heavy atom. The topological polar surface area (TPSA) is 151 Å². The Kier molecular flexibility index (Phi) is 11.5. The van der Waals surface area contributed by atoms with E-state index >= 15 is 0 Å². The summed E-state index contributed by atoms with van der Waals surface area (Å²) < 4.78 is 72.9. The molecule has 0 bridgehead atoms. The van der Waals surface area contributed by atoms with Gasteiger partial charge in [0.1, 0.15) is 6.04 Å². The number of anilines is 1. The van der Waals surface area contributed by atoms with Crippen LogP contribution >= 0.6 is 11.6 Å². The fourth-order valence-electron chi connectivity index (χ4n) is 5.64. The van der Waals surface area contributed by atoms with E-state index in [1.54, 1.807) is 27.7 Å². The number of hydrogen-bond acceptors (Lipinski definition) is 7. The minimum atomic E-state index is -4.18. The van der Waals surface area contributed by atoms with Crippen LogP contribution in [0.15, 0.2) is 35.2 Å². The van der Waals surface area contributed by atoms with Crippen LogP contribution in [0, 0.1) is 35.2 Å². The Hall–Kier alpha value is -3.36. The average molecular weight is 676 g/mol. The summed E-state index contributed by atoms with van der Waals surface area (Å²) in [7, 11) is -3.01. The van der Waals surface area contributed by atoms with Gasteiger partial charge in [0.2, 0.25) is 5.91 Å². The smallest absolute Gasteiger partial charge is 0.407 e. The molecule has 15 heteroatoms. The van der Waals surface area contributed by atoms with E-state index in [9.17, 15) is 41.1 Å². The molecule has 2 aromatic carbocycles. The van der Waals surface area contributed by atoms with Crippen molar-refractivity contribution in [3.05, 3.63) is 58.4 Å². The summed E-state index contributed by atoms with van der Waals surface area (Å²) in [4.78, 5) is 37.1. The van der Waals surface area contributed by atoms with Crippen molar-refractivity contribution in [2.75, 3.05) is 19.0 Å². The molecule has 0 radical (unpaired) electrons. The normalized spacial score (nSPS) is 22.4. The first-order valence-electron chi connectivity index (χ1n) is 14.3. The standard InChI is InChI=1S/C30H37ClF3N3O7S/c1-6-18-11-20(9-16(4)30(18,41)14-35-28(39)26(15(2)3)37-29(40)44-5)45(42,43)24-10-17(7-8-21(24)31)27(38)36-19-12-22(32)25(34)23(33)13-19/h7-8,10,12-13,15-16,18,20,26,41H,6,9,11,14H2,1-5H3,(H,35,39)(H,36,38)(H,37,40)/t16-,18?,20-,26?,30-/m0/s1. The van der Waals surface area contributed by atoms with E-state index in [4.69, 9.17) is 11.6 Å². The van der Waals surface area contributed by atoms with Crippen LogP contribution in [-0.4, -0.2) is 62.0 Å². The zero-order valence-electron chi connectivity index (χ0n) is 25.4. The highest BCUT2D eigenvalue weighted by molar-refractivity contribution is 7.92. The Balaban J connectivity index is 1.81. The number of nitrogens with one attached hydrogen (secondary N) is 3. The number of carbonyl (C=O) groups excluding carboxylic acids is 3. The summed E-state index contributed by atoms with van der Waals surface area (Å²) in [6.07, 6.45) is -0.394. The second-order valence-corrected chi connectivity index (χ2v) is 14.2. The van der Waals surface area contributed by atoms with E-state index in [-0.39, 0.29) is 46.5 Å². The van der Waals surface area contributed by atoms with Gasteiger partial charge in [0.15, 0.2) is 27.3 Å². The summed E-state index contributed by atoms with van der Waals surface area (Å²) in [5, 5.41) is 18.0. The first-order chi connectivity index (χ1) is 21.0. The molecule has 0 aliphatic heterocycles. The first kappa shape index (κ1) is 36.1. The second kappa shape index (κ2) is 14.4. The molecule has 0 spiro atoms. The molecule has 3 amide bonds. The zero-order valence-corrected chi connectivity index (χ0v) is 27.0. The van der Waals surface area contributed by atoms with Crippen molar-refractivity contribution in [2.45, 2.75) is 68.7 Å². The van der Waals surface area contributed by atoms with Gasteiger partial charge in [0.05, 0.1) is 27.9 Å². The maximum atomic E-state index is 13.9. The molecule has 1 fully saturated rings. The van der Waals surface area contributed by atoms with Gasteiger partial charge in [-0.2, -0.15) is 0 Å². The lowest BCUT2D eigenvalue weighted by Crippen LogP contribution is -2.59. The van der Waals surface area contributed by atoms with E-state index in [0.29, 0.717) is 18.6 Å². The van der Waals surface area contributed by atoms with Crippen LogP contribution in [0.3, 0.4) is 0 Å². The van der Waals surface area contributed by atoms with Crippen LogP contribution in [-0.2, 0) is 19.4 Å². The van der Waals surface area contributed by atoms with Crippen LogP contribution in [0.1, 0.15) is 57.3 Å². The van der Waals surface area contributed by atoms with Crippen LogP contribution in [0.5, 0.6) is 0 Å². The summed E-state index contributed by atoms with van der Waals surface area (Å²) in [5.41, 5.74) is -2.04. The first-order valence-corrected chi connectivity index (χ1v) is 16.2. The molecule has 2 unspecified atom stereocenters. The SMILES string of the molecule is CCC1C[C@@H](S(=O)(=O)c2cc(C(=O)Nc3cc(F)c(F)c(F)c3)ccc2Cl)C[C@H](C)[C@@]1(O)CNC(=O)C(NC(=O)OC)C(C)C. The fourth-order valence-corrected chi connectivity index (χ4v) is 8.10. The highest BCUT2D eigenvalue weighted by Gasteiger charge is 2.50. The van der Waals surface area contributed by atoms with Crippen molar-refractivity contribution in [3.8, 4) is 0 Å². The van der Waals surface area contributed by atoms with Gasteiger partial charge < -0.3 is 25.8 Å². The Morgan fingerprint density at radius 3 is 2.29 bits per heavy atom. The highest BCUT2D eigenvalue weighted by atomic mass is 35.5. The number of amides is 3. The number of benzene rings is 2. The number of methoxy groups -OCH3 is 1. The van der Waals surface area contributed by atoms with Gasteiger partial charge in [-0.05, 0) is 48.8 Å². The predicted molar refractivity (Wildman–Crippen MR) is 161 cm³/mol. The Bertz CT molecular complexity index is 1540. The third-order valence-corrected chi connectivity index (χ3v) is 11.0. The van der Waals surface area contributed by atoms with E-state index < -0.39 is 73.9 Å². The molecular formula is C30H37ClF3N3O7S. The molecule has 0 saturated heterocycles. The number of aliphatic hydroxyl groups is 1. The van der Waals surface area contributed by atoms with Gasteiger partial charge in [0.25, 0.3) is 5.91 Å². The molecule has 1 aliphatic carbocycles. The molecule has 1 aliphatic rings. The number of rotatable bonds is 10. The van der Waals surface area contributed by atoms with Crippen molar-refractivity contribution in [1.82, 2.24) is 10.6 Å². The van der Waals surface area contributed by atoms with Crippen molar-refractivity contribution in [3.63, 3.8) is 0 Å². The number of carbonyl (C=O) groups is 3. The van der Waals surface area contributed by atoms with Gasteiger partial charge in [0, 0.05) is 29.9 Å². The van der Waals surface area contributed by atoms with Crippen molar-refractivity contribution in [2.24, 2.45) is 17.8 Å². The van der Waals surface area contributed by atoms with Gasteiger partial charge in [-0.25, -0.2) is 26.4 Å². The lowest BCUT2D eigenvalue weighted by Gasteiger charge is -2.47. The summed E-state index contributed by atoms with van der Waals surface area (Å²) >= 11 is 6.29. The van der Waals surface area contributed by atoms with E-state index in [0.717, 1.165) is 6.07 Å². The lowest BCUT2D eigenvalue weighted by molar-refractivity contribution is -0.129. The van der Waals surface area contributed by atoms with Crippen LogP contribution in [0.2, 0.25) is 5.02 Å². The Morgan fingerprint density at radius 1 is 1.11 bits per heavy atom. The molecule has 0 heterocycles. The quantitative estimate of drug-likeness (QED) is 0.263. The molecule has 4 N–H and O–H groups in total. The molecule has 0 aromatic heterocycles. The van der Waals surface area contributed by atoms with E-state index in [2.05, 4.69) is 20.7 Å². The van der Waals surface area contributed by atoms with E-state index in [1.807, 2.05) is 0 Å². The van der Waals surface area contributed by atoms with Gasteiger partial charge in [-0.3, -0.25) is 9.59 Å². The maximum Gasteiger partial charge on any atom is 0.407 e. The van der Waals surface area contributed by atoms with Crippen molar-refractivity contribution >= 4 is 45.0 Å². The molecule has 2 aromatic rings. The van der Waals surface area contributed by atoms with Crippen LogP contribution < -0.4 is 16.0 Å². The summed E-state index contributed by atoms with van der Waals surface area (Å²) in [6.45, 7) is 6.73. The molecule has 5 atom stereocenters. The van der Waals surface area contributed by atoms with Crippen molar-refractivity contribution in [1.29, 1.82) is 0 Å². The van der Waals surface area contributed by atoms with Crippen LogP contribution in [0.25, 0.3) is 0 Å². The number of hydrogen-bond donors (Lipinski definition) is 4. The van der Waals surface area contributed by atoms with Crippen molar-refractivity contribution < 1.29 is 45.8 Å². The highest BCUT2D eigenvalue weighted by Crippen LogP contribution is 2.44. The monoisotopic (exact) mass is 675 g/mol. The van der Waals surface area contributed by atoms with E-state index in [1.165, 1.54) is 19.2 Å². The predicted octanol–water partition coefficient (Wildman–Crippen LogP) is 4.84. The lowest BCUT2D eigenvalue weighted by atomic mass is 9.67. The number of ether oxygens (including phenoxy) is 1. The van der Waals surface area contributed by atoms with Gasteiger partial charge >= 0.3 is 6.09 Å². The largest absolute Gasteiger partial charge is 0.453 e. The second-order valence-electron chi connectivity index (χ2n) is 11.6. The zero-order chi connectivity index (χ0) is 33.9. The van der Waals surface area contributed by atoms with Gasteiger partial charge in [-0.1, -0.05) is 45.7 Å². The third-order valence-electron chi connectivity index (χ3n) is 8.35. The summed E-state index contributed by atoms with van der Waals surface area (Å²) in [5.74, 6) is -7.66. The Labute approximate surface area is 265 Å². The average Bonchev–Trinajstić information content (AvgIpc) is 2.98. The molecular weight excluding hydrogens is 639 g/mol. The van der Waals surface area contributed by atoms with Gasteiger partial charge in [-0.15, -0.1) is 0 Å². The molecule has 248 valence electrons. The minimum Gasteiger partial charge on any atom is -0.453 e. The molecule has 10 nitrogen and oxygen atoms in total.